The van der Waals surface area contributed by atoms with E-state index in [1.165, 1.54) is 17.7 Å². The number of likely N-dealkylation sites (N-methyl/N-ethyl adjacent to an activating group) is 1. The normalized spacial score (nSPS) is 24.4. The van der Waals surface area contributed by atoms with E-state index >= 15 is 0 Å². The molecule has 0 aromatic carbocycles. The van der Waals surface area contributed by atoms with E-state index in [1.807, 2.05) is 11.9 Å². The quantitative estimate of drug-likeness (QED) is 0.915. The Morgan fingerprint density at radius 3 is 3.00 bits per heavy atom. The summed E-state index contributed by atoms with van der Waals surface area (Å²) in [4.78, 5) is 15.8. The molecule has 0 radical (unpaired) electrons. The van der Waals surface area contributed by atoms with Gasteiger partial charge < -0.3 is 10.2 Å². The molecule has 104 valence electrons. The van der Waals surface area contributed by atoms with Gasteiger partial charge in [0.25, 0.3) is 0 Å². The topological polar surface area (TPSA) is 32.3 Å². The Labute approximate surface area is 119 Å². The summed E-state index contributed by atoms with van der Waals surface area (Å²) in [5.74, 6) is 0.682. The fraction of sp³-hybridized carbons (Fsp3) is 0.667. The van der Waals surface area contributed by atoms with Crippen LogP contribution < -0.4 is 5.32 Å². The summed E-state index contributed by atoms with van der Waals surface area (Å²) in [7, 11) is 1.96. The molecule has 19 heavy (non-hydrogen) atoms. The molecule has 1 amide bonds. The molecule has 2 fully saturated rings. The van der Waals surface area contributed by atoms with Crippen LogP contribution in [-0.4, -0.2) is 37.5 Å². The monoisotopic (exact) mass is 278 g/mol. The first kappa shape index (κ1) is 13.1. The largest absolute Gasteiger partial charge is 0.345 e. The predicted molar refractivity (Wildman–Crippen MR) is 78.3 cm³/mol. The van der Waals surface area contributed by atoms with Gasteiger partial charge in [-0.1, -0.05) is 6.07 Å². The number of hydrogen-bond donors (Lipinski definition) is 1. The van der Waals surface area contributed by atoms with Crippen molar-refractivity contribution in [2.45, 2.75) is 25.7 Å². The SMILES string of the molecule is CN(CCc1cccs1)C(=O)C1CC12CCNCC2. The Morgan fingerprint density at radius 2 is 2.32 bits per heavy atom. The molecular weight excluding hydrogens is 256 g/mol. The number of nitrogens with one attached hydrogen (secondary N) is 1. The van der Waals surface area contributed by atoms with Gasteiger partial charge in [-0.2, -0.15) is 0 Å². The van der Waals surface area contributed by atoms with Crippen LogP contribution in [0.2, 0.25) is 0 Å². The van der Waals surface area contributed by atoms with E-state index in [1.54, 1.807) is 11.3 Å². The van der Waals surface area contributed by atoms with Crippen LogP contribution >= 0.6 is 11.3 Å². The number of nitrogens with zero attached hydrogens (tertiary/aromatic N) is 1. The van der Waals surface area contributed by atoms with Crippen molar-refractivity contribution in [3.63, 3.8) is 0 Å². The van der Waals surface area contributed by atoms with E-state index in [0.29, 0.717) is 17.2 Å². The molecule has 1 unspecified atom stereocenters. The first-order chi connectivity index (χ1) is 9.21. The minimum absolute atomic E-state index is 0.308. The van der Waals surface area contributed by atoms with Crippen LogP contribution in [0.25, 0.3) is 0 Å². The van der Waals surface area contributed by atoms with Crippen molar-refractivity contribution in [3.05, 3.63) is 22.4 Å². The summed E-state index contributed by atoms with van der Waals surface area (Å²) in [6, 6.07) is 4.22. The second-order valence-corrected chi connectivity index (χ2v) is 6.99. The first-order valence-electron chi connectivity index (χ1n) is 7.19. The zero-order valence-electron chi connectivity index (χ0n) is 11.5. The first-order valence-corrected chi connectivity index (χ1v) is 8.07. The number of amides is 1. The molecular formula is C15H22N2OS. The highest BCUT2D eigenvalue weighted by atomic mass is 32.1. The lowest BCUT2D eigenvalue weighted by Gasteiger charge is -2.25. The molecule has 1 aromatic heterocycles. The van der Waals surface area contributed by atoms with Gasteiger partial charge >= 0.3 is 0 Å². The fourth-order valence-electron chi connectivity index (χ4n) is 3.28. The maximum atomic E-state index is 12.4. The lowest BCUT2D eigenvalue weighted by atomic mass is 9.91. The van der Waals surface area contributed by atoms with Gasteiger partial charge in [-0.05, 0) is 55.6 Å². The van der Waals surface area contributed by atoms with Crippen molar-refractivity contribution in [2.24, 2.45) is 11.3 Å². The number of thiophene rings is 1. The molecule has 2 aliphatic rings. The van der Waals surface area contributed by atoms with E-state index in [0.717, 1.165) is 32.5 Å². The van der Waals surface area contributed by atoms with Crippen LogP contribution in [0.3, 0.4) is 0 Å². The van der Waals surface area contributed by atoms with Gasteiger partial charge in [-0.3, -0.25) is 4.79 Å². The van der Waals surface area contributed by atoms with Crippen LogP contribution in [0.15, 0.2) is 17.5 Å². The molecule has 1 aliphatic heterocycles. The molecule has 3 rings (SSSR count). The van der Waals surface area contributed by atoms with Crippen molar-refractivity contribution < 1.29 is 4.79 Å². The molecule has 1 aliphatic carbocycles. The summed E-state index contributed by atoms with van der Waals surface area (Å²) in [6.45, 7) is 3.02. The summed E-state index contributed by atoms with van der Waals surface area (Å²) in [5, 5.41) is 5.49. The predicted octanol–water partition coefficient (Wildman–Crippen LogP) is 2.14. The third-order valence-corrected chi connectivity index (χ3v) is 5.67. The van der Waals surface area contributed by atoms with Crippen molar-refractivity contribution in [3.8, 4) is 0 Å². The van der Waals surface area contributed by atoms with Gasteiger partial charge in [0.1, 0.15) is 0 Å². The Bertz CT molecular complexity index is 437. The maximum absolute atomic E-state index is 12.4. The summed E-state index contributed by atoms with van der Waals surface area (Å²) in [5.41, 5.74) is 0.361. The van der Waals surface area contributed by atoms with E-state index in [2.05, 4.69) is 22.8 Å². The zero-order valence-corrected chi connectivity index (χ0v) is 12.3. The van der Waals surface area contributed by atoms with Gasteiger partial charge in [-0.25, -0.2) is 0 Å². The lowest BCUT2D eigenvalue weighted by Crippen LogP contribution is -2.35. The van der Waals surface area contributed by atoms with Gasteiger partial charge in [-0.15, -0.1) is 11.3 Å². The smallest absolute Gasteiger partial charge is 0.226 e. The number of hydrogen-bond acceptors (Lipinski definition) is 3. The molecule has 2 heterocycles. The summed E-state index contributed by atoms with van der Waals surface area (Å²) in [6.07, 6.45) is 4.47. The lowest BCUT2D eigenvalue weighted by molar-refractivity contribution is -0.132. The van der Waals surface area contributed by atoms with E-state index < -0.39 is 0 Å². The van der Waals surface area contributed by atoms with Crippen LogP contribution in [0.5, 0.6) is 0 Å². The van der Waals surface area contributed by atoms with Gasteiger partial charge in [0, 0.05) is 24.4 Å². The third kappa shape index (κ3) is 2.70. The second kappa shape index (κ2) is 5.25. The van der Waals surface area contributed by atoms with Gasteiger partial charge in [0.05, 0.1) is 0 Å². The number of carbonyl (C=O) groups excluding carboxylic acids is 1. The number of carbonyl (C=O) groups is 1. The third-order valence-electron chi connectivity index (χ3n) is 4.74. The Kier molecular flexibility index (Phi) is 3.63. The van der Waals surface area contributed by atoms with Crippen molar-refractivity contribution in [1.29, 1.82) is 0 Å². The zero-order chi connectivity index (χ0) is 13.3. The van der Waals surface area contributed by atoms with Crippen LogP contribution in [0.1, 0.15) is 24.1 Å². The molecule has 1 saturated carbocycles. The highest BCUT2D eigenvalue weighted by Gasteiger charge is 2.58. The minimum Gasteiger partial charge on any atom is -0.345 e. The fourth-order valence-corrected chi connectivity index (χ4v) is 3.98. The van der Waals surface area contributed by atoms with E-state index in [9.17, 15) is 4.79 Å². The Hall–Kier alpha value is -0.870. The van der Waals surface area contributed by atoms with Crippen molar-refractivity contribution in [2.75, 3.05) is 26.7 Å². The Balaban J connectivity index is 1.50. The average molecular weight is 278 g/mol. The standard InChI is InChI=1S/C15H22N2OS/c1-17(9-4-12-3-2-10-19-12)14(18)13-11-15(13)5-7-16-8-6-15/h2-3,10,13,16H,4-9,11H2,1H3. The minimum atomic E-state index is 0.308. The van der Waals surface area contributed by atoms with E-state index in [-0.39, 0.29) is 0 Å². The average Bonchev–Trinajstić information content (AvgIpc) is 2.90. The number of piperidine rings is 1. The van der Waals surface area contributed by atoms with Crippen LogP contribution in [0.4, 0.5) is 0 Å². The van der Waals surface area contributed by atoms with Crippen molar-refractivity contribution in [1.82, 2.24) is 10.2 Å². The summed E-state index contributed by atoms with van der Waals surface area (Å²) >= 11 is 1.78. The van der Waals surface area contributed by atoms with Crippen molar-refractivity contribution >= 4 is 17.2 Å². The molecule has 1 saturated heterocycles. The molecule has 1 aromatic rings. The summed E-state index contributed by atoms with van der Waals surface area (Å²) < 4.78 is 0. The highest BCUT2D eigenvalue weighted by molar-refractivity contribution is 7.09. The van der Waals surface area contributed by atoms with Gasteiger partial charge in [0.2, 0.25) is 5.91 Å². The maximum Gasteiger partial charge on any atom is 0.226 e. The molecule has 1 N–H and O–H groups in total. The molecule has 1 spiro atoms. The highest BCUT2D eigenvalue weighted by Crippen LogP contribution is 2.59. The number of rotatable bonds is 4. The Morgan fingerprint density at radius 1 is 1.53 bits per heavy atom. The van der Waals surface area contributed by atoms with E-state index in [4.69, 9.17) is 0 Å². The molecule has 4 heteroatoms. The molecule has 0 bridgehead atoms. The van der Waals surface area contributed by atoms with Crippen LogP contribution in [0, 0.1) is 11.3 Å². The second-order valence-electron chi connectivity index (χ2n) is 5.96. The van der Waals surface area contributed by atoms with Crippen LogP contribution in [-0.2, 0) is 11.2 Å². The molecule has 1 atom stereocenters. The van der Waals surface area contributed by atoms with Gasteiger partial charge in [0.15, 0.2) is 0 Å². The molecule has 3 nitrogen and oxygen atoms in total.